The third-order valence-corrected chi connectivity index (χ3v) is 11.0. The predicted octanol–water partition coefficient (Wildman–Crippen LogP) is 7.24. The second-order valence-corrected chi connectivity index (χ2v) is 14.5. The largest absolute Gasteiger partial charge is 0.352 e. The first kappa shape index (κ1) is 34.2. The summed E-state index contributed by atoms with van der Waals surface area (Å²) < 4.78 is 29.6. The van der Waals surface area contributed by atoms with Gasteiger partial charge >= 0.3 is 0 Å². The van der Waals surface area contributed by atoms with Crippen molar-refractivity contribution in [2.75, 3.05) is 10.8 Å². The van der Waals surface area contributed by atoms with Crippen LogP contribution in [0.3, 0.4) is 0 Å². The van der Waals surface area contributed by atoms with Crippen LogP contribution in [0.4, 0.5) is 5.69 Å². The number of hydrogen-bond donors (Lipinski definition) is 1. The zero-order valence-electron chi connectivity index (χ0n) is 26.9. The number of nitrogens with zero attached hydrogens (tertiary/aromatic N) is 2. The number of carbonyl (C=O) groups is 2. The molecule has 0 bridgehead atoms. The number of nitrogens with one attached hydrogen (secondary N) is 1. The Balaban J connectivity index is 1.58. The number of carbonyl (C=O) groups excluding carboxylic acids is 2. The summed E-state index contributed by atoms with van der Waals surface area (Å²) in [5.41, 5.74) is 3.64. The molecule has 1 N–H and O–H groups in total. The molecule has 2 amide bonds. The Kier molecular flexibility index (Phi) is 11.4. The van der Waals surface area contributed by atoms with Gasteiger partial charge in [0.25, 0.3) is 10.0 Å². The minimum absolute atomic E-state index is 0.0370. The second kappa shape index (κ2) is 15.6. The number of rotatable bonds is 12. The average Bonchev–Trinajstić information content (AvgIpc) is 3.08. The average molecular weight is 672 g/mol. The number of amides is 2. The van der Waals surface area contributed by atoms with E-state index >= 15 is 0 Å². The van der Waals surface area contributed by atoms with E-state index in [1.165, 1.54) is 12.1 Å². The Morgan fingerprint density at radius 1 is 0.809 bits per heavy atom. The highest BCUT2D eigenvalue weighted by atomic mass is 35.5. The molecule has 1 atom stereocenters. The van der Waals surface area contributed by atoms with Crippen molar-refractivity contribution in [1.82, 2.24) is 10.2 Å². The second-order valence-electron chi connectivity index (χ2n) is 12.3. The molecule has 1 aliphatic rings. The van der Waals surface area contributed by atoms with Crippen molar-refractivity contribution in [1.29, 1.82) is 0 Å². The van der Waals surface area contributed by atoms with Gasteiger partial charge in [-0.1, -0.05) is 115 Å². The zero-order chi connectivity index (χ0) is 33.4. The Bertz CT molecular complexity index is 1760. The Morgan fingerprint density at radius 3 is 2.11 bits per heavy atom. The third-order valence-electron chi connectivity index (χ3n) is 8.81. The maximum Gasteiger partial charge on any atom is 0.264 e. The fraction of sp³-hybridized carbons (Fsp3) is 0.316. The molecule has 0 aromatic heterocycles. The molecule has 0 aliphatic heterocycles. The lowest BCUT2D eigenvalue weighted by Crippen LogP contribution is -2.55. The lowest BCUT2D eigenvalue weighted by Gasteiger charge is -2.35. The Labute approximate surface area is 283 Å². The first-order valence-corrected chi connectivity index (χ1v) is 18.0. The topological polar surface area (TPSA) is 86.8 Å². The fourth-order valence-electron chi connectivity index (χ4n) is 6.09. The molecular formula is C38H42ClN3O4S. The van der Waals surface area contributed by atoms with E-state index in [0.717, 1.165) is 53.1 Å². The summed E-state index contributed by atoms with van der Waals surface area (Å²) in [5, 5.41) is 3.63. The van der Waals surface area contributed by atoms with Gasteiger partial charge in [0.2, 0.25) is 11.8 Å². The monoisotopic (exact) mass is 671 g/mol. The number of hydrogen-bond acceptors (Lipinski definition) is 4. The van der Waals surface area contributed by atoms with Crippen LogP contribution in [0.25, 0.3) is 0 Å². The molecule has 4 aromatic rings. The molecule has 0 unspecified atom stereocenters. The first-order chi connectivity index (χ1) is 22.6. The van der Waals surface area contributed by atoms with Crippen LogP contribution in [-0.4, -0.2) is 43.8 Å². The first-order valence-electron chi connectivity index (χ1n) is 16.2. The molecule has 0 radical (unpaired) electrons. The van der Waals surface area contributed by atoms with Crippen molar-refractivity contribution in [3.8, 4) is 0 Å². The molecule has 4 aromatic carbocycles. The molecule has 0 heterocycles. The summed E-state index contributed by atoms with van der Waals surface area (Å²) in [6.07, 6.45) is 5.31. The van der Waals surface area contributed by atoms with E-state index in [9.17, 15) is 18.0 Å². The van der Waals surface area contributed by atoms with Crippen LogP contribution in [0.15, 0.2) is 108 Å². The Hall–Kier alpha value is -4.14. The minimum atomic E-state index is -4.20. The summed E-state index contributed by atoms with van der Waals surface area (Å²) in [6.45, 7) is 3.33. The molecule has 0 saturated heterocycles. The van der Waals surface area contributed by atoms with Crippen LogP contribution < -0.4 is 9.62 Å². The standard InChI is InChI=1S/C38H42ClN3O4S/c1-28-21-23-31(24-22-28)26-41(36(25-30-13-6-3-7-14-30)38(44)40-32-15-8-4-9-16-32)37(43)27-42(35-20-12-19-34(39)29(35)2)47(45,46)33-17-10-5-11-18-33/h3,5-7,10-14,17-24,32,36H,4,8-9,15-16,25-27H2,1-2H3,(H,40,44)/t36-/m1/s1. The predicted molar refractivity (Wildman–Crippen MR) is 188 cm³/mol. The van der Waals surface area contributed by atoms with Crippen molar-refractivity contribution in [3.63, 3.8) is 0 Å². The van der Waals surface area contributed by atoms with Crippen molar-refractivity contribution in [3.05, 3.63) is 130 Å². The van der Waals surface area contributed by atoms with E-state index < -0.39 is 28.5 Å². The molecule has 5 rings (SSSR count). The summed E-state index contributed by atoms with van der Waals surface area (Å²) in [7, 11) is -4.20. The van der Waals surface area contributed by atoms with Crippen LogP contribution in [0.2, 0.25) is 5.02 Å². The number of halogens is 1. The summed E-state index contributed by atoms with van der Waals surface area (Å²) in [4.78, 5) is 30.5. The molecule has 1 aliphatic carbocycles. The molecule has 47 heavy (non-hydrogen) atoms. The Morgan fingerprint density at radius 2 is 1.45 bits per heavy atom. The highest BCUT2D eigenvalue weighted by molar-refractivity contribution is 7.92. The summed E-state index contributed by atoms with van der Waals surface area (Å²) in [5.74, 6) is -0.734. The zero-order valence-corrected chi connectivity index (χ0v) is 28.5. The van der Waals surface area contributed by atoms with Crippen molar-refractivity contribution >= 4 is 39.1 Å². The number of benzene rings is 4. The molecule has 0 spiro atoms. The van der Waals surface area contributed by atoms with Crippen LogP contribution in [0, 0.1) is 13.8 Å². The van der Waals surface area contributed by atoms with Gasteiger partial charge in [0, 0.05) is 24.0 Å². The maximum atomic E-state index is 14.7. The van der Waals surface area contributed by atoms with Crippen LogP contribution in [0.1, 0.15) is 54.4 Å². The number of aryl methyl sites for hydroxylation is 1. The van der Waals surface area contributed by atoms with E-state index in [-0.39, 0.29) is 29.8 Å². The van der Waals surface area contributed by atoms with E-state index in [1.807, 2.05) is 61.5 Å². The van der Waals surface area contributed by atoms with Gasteiger partial charge in [0.15, 0.2) is 0 Å². The van der Waals surface area contributed by atoms with E-state index in [2.05, 4.69) is 5.32 Å². The SMILES string of the molecule is Cc1ccc(CN(C(=O)CN(c2cccc(Cl)c2C)S(=O)(=O)c2ccccc2)[C@H](Cc2ccccc2)C(=O)NC2CCCCC2)cc1. The van der Waals surface area contributed by atoms with Gasteiger partial charge in [0.1, 0.15) is 12.6 Å². The smallest absolute Gasteiger partial charge is 0.264 e. The van der Waals surface area contributed by atoms with E-state index in [0.29, 0.717) is 16.3 Å². The van der Waals surface area contributed by atoms with Crippen molar-refractivity contribution in [2.24, 2.45) is 0 Å². The van der Waals surface area contributed by atoms with Gasteiger partial charge in [0.05, 0.1) is 10.6 Å². The fourth-order valence-corrected chi connectivity index (χ4v) is 7.75. The maximum absolute atomic E-state index is 14.7. The van der Waals surface area contributed by atoms with E-state index in [1.54, 1.807) is 48.2 Å². The van der Waals surface area contributed by atoms with Crippen LogP contribution in [-0.2, 0) is 32.6 Å². The highest BCUT2D eigenvalue weighted by Gasteiger charge is 2.36. The summed E-state index contributed by atoms with van der Waals surface area (Å²) in [6, 6.07) is 29.6. The normalized spacial score (nSPS) is 14.3. The molecule has 9 heteroatoms. The third kappa shape index (κ3) is 8.62. The van der Waals surface area contributed by atoms with Gasteiger partial charge in [-0.05, 0) is 67.6 Å². The van der Waals surface area contributed by atoms with Crippen LogP contribution in [0.5, 0.6) is 0 Å². The van der Waals surface area contributed by atoms with E-state index in [4.69, 9.17) is 11.6 Å². The highest BCUT2D eigenvalue weighted by Crippen LogP contribution is 2.31. The lowest BCUT2D eigenvalue weighted by molar-refractivity contribution is -0.140. The molecule has 246 valence electrons. The van der Waals surface area contributed by atoms with Gasteiger partial charge in [-0.15, -0.1) is 0 Å². The van der Waals surface area contributed by atoms with Crippen molar-refractivity contribution in [2.45, 2.75) is 75.9 Å². The molecule has 1 fully saturated rings. The van der Waals surface area contributed by atoms with Gasteiger partial charge < -0.3 is 10.2 Å². The van der Waals surface area contributed by atoms with Crippen LogP contribution >= 0.6 is 11.6 Å². The lowest BCUT2D eigenvalue weighted by atomic mass is 9.94. The van der Waals surface area contributed by atoms with Gasteiger partial charge in [-0.3, -0.25) is 13.9 Å². The molecular weight excluding hydrogens is 630 g/mol. The minimum Gasteiger partial charge on any atom is -0.352 e. The van der Waals surface area contributed by atoms with Gasteiger partial charge in [-0.2, -0.15) is 0 Å². The number of anilines is 1. The number of sulfonamides is 1. The van der Waals surface area contributed by atoms with Crippen molar-refractivity contribution < 1.29 is 18.0 Å². The van der Waals surface area contributed by atoms with Gasteiger partial charge in [-0.25, -0.2) is 8.42 Å². The quantitative estimate of drug-likeness (QED) is 0.172. The molecule has 1 saturated carbocycles. The summed E-state index contributed by atoms with van der Waals surface area (Å²) >= 11 is 6.48. The molecule has 7 nitrogen and oxygen atoms in total.